The second kappa shape index (κ2) is 17.7. The van der Waals surface area contributed by atoms with Gasteiger partial charge in [-0.1, -0.05) is 38.8 Å². The van der Waals surface area contributed by atoms with Crippen molar-refractivity contribution in [2.45, 2.75) is 94.9 Å². The van der Waals surface area contributed by atoms with Crippen LogP contribution in [0.4, 0.5) is 0 Å². The summed E-state index contributed by atoms with van der Waals surface area (Å²) in [6.07, 6.45) is 1.28. The van der Waals surface area contributed by atoms with Crippen LogP contribution in [0.5, 0.6) is 5.75 Å². The van der Waals surface area contributed by atoms with Gasteiger partial charge in [0.2, 0.25) is 23.6 Å². The largest absolute Gasteiger partial charge is 0.508 e. The molecular weight excluding hydrogens is 616 g/mol. The molecule has 4 amide bonds. The van der Waals surface area contributed by atoms with E-state index in [0.29, 0.717) is 31.4 Å². The Morgan fingerprint density at radius 3 is 2.06 bits per heavy atom. The molecule has 13 N–H and O–H groups in total. The average Bonchev–Trinajstić information content (AvgIpc) is 3.47. The number of phenols is 1. The number of benzene rings is 1. The van der Waals surface area contributed by atoms with Crippen molar-refractivity contribution in [1.29, 1.82) is 5.41 Å². The highest BCUT2D eigenvalue weighted by molar-refractivity contribution is 5.98. The summed E-state index contributed by atoms with van der Waals surface area (Å²) in [6.45, 7) is 3.50. The molecule has 47 heavy (non-hydrogen) atoms. The molecule has 0 unspecified atom stereocenters. The van der Waals surface area contributed by atoms with Gasteiger partial charge in [-0.3, -0.25) is 29.4 Å². The van der Waals surface area contributed by atoms with Crippen molar-refractivity contribution in [3.63, 3.8) is 0 Å². The fourth-order valence-electron chi connectivity index (χ4n) is 5.19. The molecule has 0 aromatic heterocycles. The summed E-state index contributed by atoms with van der Waals surface area (Å²) in [5.41, 5.74) is 10.3. The number of nitrogens with two attached hydrogens (primary N) is 2. The molecule has 17 heteroatoms. The molecule has 0 radical (unpaired) electrons. The molecule has 1 fully saturated rings. The lowest BCUT2D eigenvalue weighted by atomic mass is 9.94. The Morgan fingerprint density at radius 1 is 0.915 bits per heavy atom. The molecular formula is C30H46N8O9. The summed E-state index contributed by atoms with van der Waals surface area (Å²) in [5, 5.41) is 48.5. The number of rotatable bonds is 18. The number of aliphatic carboxylic acids is 2. The Bertz CT molecular complexity index is 1300. The monoisotopic (exact) mass is 662 g/mol. The number of hydrogen-bond donors (Lipinski definition) is 11. The Morgan fingerprint density at radius 2 is 1.53 bits per heavy atom. The first-order chi connectivity index (χ1) is 22.0. The zero-order valence-electron chi connectivity index (χ0n) is 26.5. The molecule has 17 nitrogen and oxygen atoms in total. The highest BCUT2D eigenvalue weighted by Gasteiger charge is 2.45. The first kappa shape index (κ1) is 38.3. The van der Waals surface area contributed by atoms with Gasteiger partial charge >= 0.3 is 11.9 Å². The van der Waals surface area contributed by atoms with Crippen LogP contribution in [0.3, 0.4) is 0 Å². The van der Waals surface area contributed by atoms with Crippen LogP contribution in [0.1, 0.15) is 64.4 Å². The Labute approximate surface area is 272 Å². The number of guanidine groups is 1. The average molecular weight is 663 g/mol. The minimum absolute atomic E-state index is 0.0182. The van der Waals surface area contributed by atoms with Gasteiger partial charge < -0.3 is 53.4 Å². The van der Waals surface area contributed by atoms with Gasteiger partial charge in [0.05, 0.1) is 12.5 Å². The van der Waals surface area contributed by atoms with Crippen LogP contribution in [0.2, 0.25) is 0 Å². The van der Waals surface area contributed by atoms with Crippen molar-refractivity contribution in [3.05, 3.63) is 29.8 Å². The van der Waals surface area contributed by atoms with Gasteiger partial charge in [-0.05, 0) is 49.3 Å². The zero-order chi connectivity index (χ0) is 35.3. The van der Waals surface area contributed by atoms with Gasteiger partial charge in [0, 0.05) is 13.0 Å². The normalized spacial score (nSPS) is 16.2. The first-order valence-corrected chi connectivity index (χ1v) is 15.3. The Kier molecular flexibility index (Phi) is 14.4. The molecule has 2 rings (SSSR count). The van der Waals surface area contributed by atoms with Gasteiger partial charge in [-0.2, -0.15) is 0 Å². The maximum absolute atomic E-state index is 13.6. The van der Waals surface area contributed by atoms with E-state index in [-0.39, 0.29) is 37.4 Å². The summed E-state index contributed by atoms with van der Waals surface area (Å²) in [6, 6.07) is 0.435. The highest BCUT2D eigenvalue weighted by Crippen LogP contribution is 2.30. The predicted octanol–water partition coefficient (Wildman–Crippen LogP) is -1.38. The third kappa shape index (κ3) is 12.1. The van der Waals surface area contributed by atoms with Crippen LogP contribution in [0.15, 0.2) is 24.3 Å². The number of nitrogens with one attached hydrogen (secondary N) is 6. The summed E-state index contributed by atoms with van der Waals surface area (Å²) < 4.78 is 0. The molecule has 260 valence electrons. The topological polar surface area (TPSA) is 299 Å². The summed E-state index contributed by atoms with van der Waals surface area (Å²) in [4.78, 5) is 76.7. The van der Waals surface area contributed by atoms with Crippen LogP contribution in [-0.2, 0) is 35.2 Å². The van der Waals surface area contributed by atoms with E-state index in [1.54, 1.807) is 13.8 Å². The number of carbonyl (C=O) groups is 6. The number of carbonyl (C=O) groups excluding carboxylic acids is 4. The molecule has 1 aliphatic rings. The third-order valence-electron chi connectivity index (χ3n) is 7.84. The van der Waals surface area contributed by atoms with Crippen LogP contribution >= 0.6 is 0 Å². The maximum Gasteiger partial charge on any atom is 0.326 e. The van der Waals surface area contributed by atoms with Crippen molar-refractivity contribution in [2.75, 3.05) is 6.54 Å². The van der Waals surface area contributed by atoms with Gasteiger partial charge in [0.25, 0.3) is 0 Å². The molecule has 0 spiro atoms. The minimum atomic E-state index is -1.64. The summed E-state index contributed by atoms with van der Waals surface area (Å²) in [5.74, 6) is -6.79. The number of hydrogen-bond acceptors (Lipinski definition) is 9. The van der Waals surface area contributed by atoms with Crippen LogP contribution in [0, 0.1) is 11.3 Å². The van der Waals surface area contributed by atoms with E-state index in [1.807, 2.05) is 0 Å². The lowest BCUT2D eigenvalue weighted by molar-refractivity contribution is -0.144. The maximum atomic E-state index is 13.6. The molecule has 0 aliphatic heterocycles. The van der Waals surface area contributed by atoms with Gasteiger partial charge in [0.1, 0.15) is 29.4 Å². The van der Waals surface area contributed by atoms with E-state index in [9.17, 15) is 44.1 Å². The molecule has 0 bridgehead atoms. The molecule has 1 aliphatic carbocycles. The Hall–Kier alpha value is -4.93. The van der Waals surface area contributed by atoms with E-state index in [4.69, 9.17) is 16.9 Å². The second-order valence-electron chi connectivity index (χ2n) is 12.0. The van der Waals surface area contributed by atoms with E-state index in [1.165, 1.54) is 24.3 Å². The minimum Gasteiger partial charge on any atom is -0.508 e. The highest BCUT2D eigenvalue weighted by atomic mass is 16.4. The van der Waals surface area contributed by atoms with Gasteiger partial charge in [-0.15, -0.1) is 0 Å². The van der Waals surface area contributed by atoms with E-state index >= 15 is 0 Å². The predicted molar refractivity (Wildman–Crippen MR) is 169 cm³/mol. The fourth-order valence-corrected chi connectivity index (χ4v) is 5.19. The Balaban J connectivity index is 2.15. The van der Waals surface area contributed by atoms with Crippen LogP contribution < -0.4 is 38.1 Å². The van der Waals surface area contributed by atoms with Crippen molar-refractivity contribution in [2.24, 2.45) is 17.4 Å². The van der Waals surface area contributed by atoms with E-state index < -0.39 is 77.6 Å². The van der Waals surface area contributed by atoms with Gasteiger partial charge in [0.15, 0.2) is 5.96 Å². The molecule has 1 aromatic carbocycles. The van der Waals surface area contributed by atoms with Crippen LogP contribution in [0.25, 0.3) is 0 Å². The number of carboxylic acid groups (broad SMARTS) is 2. The number of phenolic OH excluding ortho intramolecular Hbond substituents is 1. The lowest BCUT2D eigenvalue weighted by Crippen LogP contribution is -2.64. The number of aromatic hydroxyl groups is 1. The fraction of sp³-hybridized carbons (Fsp3) is 0.567. The SMILES string of the molecule is CC(C)[C@H](NC(=O)[C@H](CC(=O)O)NC(=O)C1(NC(=O)[C@@H](N)CCCNC(=N)N)CCCC1)C(=O)N[C@@H](Cc1ccc(O)cc1)C(=O)O. The van der Waals surface area contributed by atoms with E-state index in [0.717, 1.165) is 0 Å². The second-order valence-corrected chi connectivity index (χ2v) is 12.0. The number of amides is 4. The van der Waals surface area contributed by atoms with Crippen LogP contribution in [-0.4, -0.2) is 93.1 Å². The summed E-state index contributed by atoms with van der Waals surface area (Å²) >= 11 is 0. The number of carboxylic acids is 2. The van der Waals surface area contributed by atoms with Crippen molar-refractivity contribution in [3.8, 4) is 5.75 Å². The molecule has 0 saturated heterocycles. The van der Waals surface area contributed by atoms with Crippen molar-refractivity contribution >= 4 is 41.5 Å². The third-order valence-corrected chi connectivity index (χ3v) is 7.84. The standard InChI is InChI=1S/C30H46N8O9/c1-16(2)23(26(44)35-21(27(45)46)14-17-7-9-18(39)10-8-17)37-25(43)20(15-22(40)41)36-28(47)30(11-3-4-12-30)38-24(42)19(31)6-5-13-34-29(32)33/h7-10,16,19-21,23,39H,3-6,11-15,31H2,1-2H3,(H,35,44)(H,36,47)(H,37,43)(H,38,42)(H,40,41)(H,45,46)(H4,32,33,34)/t19-,20-,21-,23-/m0/s1. The lowest BCUT2D eigenvalue weighted by Gasteiger charge is -2.32. The zero-order valence-corrected chi connectivity index (χ0v) is 26.5. The molecule has 1 saturated carbocycles. The molecule has 0 heterocycles. The first-order valence-electron chi connectivity index (χ1n) is 15.3. The summed E-state index contributed by atoms with van der Waals surface area (Å²) in [7, 11) is 0. The smallest absolute Gasteiger partial charge is 0.326 e. The van der Waals surface area contributed by atoms with Gasteiger partial charge in [-0.25, -0.2) is 4.79 Å². The quantitative estimate of drug-likeness (QED) is 0.0493. The van der Waals surface area contributed by atoms with Crippen molar-refractivity contribution < 1.29 is 44.1 Å². The van der Waals surface area contributed by atoms with E-state index in [2.05, 4.69) is 26.6 Å². The molecule has 1 aromatic rings. The van der Waals surface area contributed by atoms with Crippen molar-refractivity contribution in [1.82, 2.24) is 26.6 Å². The molecule has 4 atom stereocenters.